The van der Waals surface area contributed by atoms with E-state index in [-0.39, 0.29) is 34.6 Å². The van der Waals surface area contributed by atoms with Crippen LogP contribution in [-0.2, 0) is 29.9 Å². The van der Waals surface area contributed by atoms with Gasteiger partial charge in [-0.05, 0) is 93.1 Å². The predicted molar refractivity (Wildman–Crippen MR) is 205 cm³/mol. The lowest BCUT2D eigenvalue weighted by atomic mass is 9.51. The highest BCUT2D eigenvalue weighted by Crippen LogP contribution is 2.58. The fraction of sp³-hybridized carbons (Fsp3) is 0.643. The van der Waals surface area contributed by atoms with Crippen LogP contribution in [0, 0.1) is 11.8 Å². The van der Waals surface area contributed by atoms with Crippen molar-refractivity contribution in [3.8, 4) is 11.3 Å². The lowest BCUT2D eigenvalue weighted by Crippen LogP contribution is -2.48. The molecule has 12 heteroatoms. The third-order valence-electron chi connectivity index (χ3n) is 13.3. The number of likely N-dealkylation sites (tertiary alicyclic amines) is 1. The number of aromatic nitrogens is 4. The minimum absolute atomic E-state index is 0.0154. The first-order chi connectivity index (χ1) is 26.1. The summed E-state index contributed by atoms with van der Waals surface area (Å²) in [6.07, 6.45) is 15.8. The number of hydrogen-bond acceptors (Lipinski definition) is 7. The molecule has 3 amide bonds. The standard InChI is InChI=1S/C42H59N7O5/c1-27(2)28(3)39(51)49-22-8-10-34(49)37-44-26-35(48-37)42-19-16-41(17-20-42,18-21-42)30-13-11-29(12-14-30)33-25-43-36(45-33)31-15-24-54-23-7-5-6-9-32(38(50)46-31)47-40(52)53-4/h11-14,25-28,31-32,34H,5-10,15-24H2,1-4H3,(H,43,45)(H,44,48)(H,46,50)(H,47,52)/t28-,31-,32-,34-,41?,42?/m0/s1. The summed E-state index contributed by atoms with van der Waals surface area (Å²) in [4.78, 5) is 57.5. The number of rotatable bonds is 8. The number of fused-ring (bicyclic) bond motifs is 3. The fourth-order valence-corrected chi connectivity index (χ4v) is 9.38. The van der Waals surface area contributed by atoms with Gasteiger partial charge in [-0.25, -0.2) is 14.8 Å². The van der Waals surface area contributed by atoms with Gasteiger partial charge >= 0.3 is 6.09 Å². The van der Waals surface area contributed by atoms with E-state index < -0.39 is 18.2 Å². The number of ether oxygens (including phenoxy) is 2. The van der Waals surface area contributed by atoms with E-state index in [0.29, 0.717) is 37.8 Å². The summed E-state index contributed by atoms with van der Waals surface area (Å²) in [5, 5.41) is 5.80. The fourth-order valence-electron chi connectivity index (χ4n) is 9.38. The van der Waals surface area contributed by atoms with E-state index in [9.17, 15) is 14.4 Å². The van der Waals surface area contributed by atoms with E-state index in [0.717, 1.165) is 94.3 Å². The molecule has 2 bridgehead atoms. The van der Waals surface area contributed by atoms with Crippen LogP contribution in [0.2, 0.25) is 0 Å². The molecule has 4 heterocycles. The van der Waals surface area contributed by atoms with Crippen LogP contribution in [0.1, 0.15) is 139 Å². The Morgan fingerprint density at radius 2 is 1.59 bits per heavy atom. The number of carbonyl (C=O) groups is 3. The Kier molecular flexibility index (Phi) is 11.5. The van der Waals surface area contributed by atoms with Crippen LogP contribution < -0.4 is 10.6 Å². The molecule has 0 spiro atoms. The molecule has 3 saturated carbocycles. The van der Waals surface area contributed by atoms with Crippen LogP contribution >= 0.6 is 0 Å². The number of methoxy groups -OCH3 is 1. The van der Waals surface area contributed by atoms with Crippen LogP contribution in [0.5, 0.6) is 0 Å². The van der Waals surface area contributed by atoms with Gasteiger partial charge in [0, 0.05) is 43.0 Å². The number of benzene rings is 1. The number of imidazole rings is 2. The Morgan fingerprint density at radius 1 is 0.870 bits per heavy atom. The van der Waals surface area contributed by atoms with Crippen LogP contribution in [-0.4, -0.2) is 75.7 Å². The number of alkyl carbamates (subject to hydrolysis) is 1. The molecule has 2 saturated heterocycles. The third kappa shape index (κ3) is 7.81. The Hall–Kier alpha value is -4.19. The molecule has 3 aromatic rings. The highest BCUT2D eigenvalue weighted by atomic mass is 16.5. The van der Waals surface area contributed by atoms with Gasteiger partial charge in [0.1, 0.15) is 17.7 Å². The minimum atomic E-state index is -0.679. The molecule has 4 atom stereocenters. The van der Waals surface area contributed by atoms with E-state index in [2.05, 4.69) is 76.7 Å². The van der Waals surface area contributed by atoms with Crippen molar-refractivity contribution in [1.82, 2.24) is 35.5 Å². The number of carbonyl (C=O) groups excluding carboxylic acids is 3. The van der Waals surface area contributed by atoms with Crippen LogP contribution in [0.3, 0.4) is 0 Å². The molecule has 8 rings (SSSR count). The molecule has 292 valence electrons. The zero-order chi connectivity index (χ0) is 37.9. The molecule has 5 fully saturated rings. The summed E-state index contributed by atoms with van der Waals surface area (Å²) in [6, 6.07) is 7.94. The van der Waals surface area contributed by atoms with Gasteiger partial charge in [0.05, 0.1) is 31.1 Å². The van der Waals surface area contributed by atoms with Gasteiger partial charge < -0.3 is 35.0 Å². The summed E-state index contributed by atoms with van der Waals surface area (Å²) in [6.45, 7) is 8.28. The third-order valence-corrected chi connectivity index (χ3v) is 13.3. The average Bonchev–Trinajstić information content (AvgIpc) is 3.99. The molecule has 0 radical (unpaired) electrons. The zero-order valence-corrected chi connectivity index (χ0v) is 32.5. The van der Waals surface area contributed by atoms with Gasteiger partial charge in [0.25, 0.3) is 0 Å². The summed E-state index contributed by atoms with van der Waals surface area (Å²) in [7, 11) is 1.30. The molecule has 12 nitrogen and oxygen atoms in total. The maximum atomic E-state index is 13.3. The first kappa shape index (κ1) is 38.1. The minimum Gasteiger partial charge on any atom is -0.453 e. The van der Waals surface area contributed by atoms with Crippen molar-refractivity contribution in [2.24, 2.45) is 11.8 Å². The van der Waals surface area contributed by atoms with Gasteiger partial charge in [0.15, 0.2) is 0 Å². The summed E-state index contributed by atoms with van der Waals surface area (Å²) >= 11 is 0. The predicted octanol–water partition coefficient (Wildman–Crippen LogP) is 7.16. The van der Waals surface area contributed by atoms with Crippen molar-refractivity contribution in [2.75, 3.05) is 26.9 Å². The molecule has 0 unspecified atom stereocenters. The summed E-state index contributed by atoms with van der Waals surface area (Å²) in [5.41, 5.74) is 4.90. The number of aromatic amines is 2. The van der Waals surface area contributed by atoms with Crippen molar-refractivity contribution in [3.05, 3.63) is 59.6 Å². The summed E-state index contributed by atoms with van der Waals surface area (Å²) < 4.78 is 10.6. The maximum absolute atomic E-state index is 13.3. The van der Waals surface area contributed by atoms with Crippen molar-refractivity contribution < 1.29 is 23.9 Å². The van der Waals surface area contributed by atoms with Gasteiger partial charge in [-0.3, -0.25) is 9.59 Å². The lowest BCUT2D eigenvalue weighted by Gasteiger charge is -2.53. The van der Waals surface area contributed by atoms with Gasteiger partial charge in [0.2, 0.25) is 11.8 Å². The monoisotopic (exact) mass is 741 g/mol. The molecular formula is C42H59N7O5. The van der Waals surface area contributed by atoms with Gasteiger partial charge in [-0.1, -0.05) is 57.9 Å². The largest absolute Gasteiger partial charge is 0.453 e. The molecule has 54 heavy (non-hydrogen) atoms. The molecular weight excluding hydrogens is 683 g/mol. The first-order valence-corrected chi connectivity index (χ1v) is 20.4. The Balaban J connectivity index is 0.999. The smallest absolute Gasteiger partial charge is 0.407 e. The van der Waals surface area contributed by atoms with E-state index >= 15 is 0 Å². The second-order valence-electron chi connectivity index (χ2n) is 16.7. The molecule has 3 aliphatic carbocycles. The van der Waals surface area contributed by atoms with E-state index in [1.165, 1.54) is 18.4 Å². The van der Waals surface area contributed by atoms with Crippen molar-refractivity contribution in [2.45, 2.75) is 133 Å². The molecule has 4 N–H and O–H groups in total. The van der Waals surface area contributed by atoms with Crippen molar-refractivity contribution in [1.29, 1.82) is 0 Å². The number of nitrogens with one attached hydrogen (secondary N) is 4. The number of hydrogen-bond donors (Lipinski definition) is 4. The first-order valence-electron chi connectivity index (χ1n) is 20.4. The van der Waals surface area contributed by atoms with E-state index in [1.807, 2.05) is 6.20 Å². The highest BCUT2D eigenvalue weighted by Gasteiger charge is 2.51. The second-order valence-corrected chi connectivity index (χ2v) is 16.7. The van der Waals surface area contributed by atoms with Crippen LogP contribution in [0.4, 0.5) is 4.79 Å². The average molecular weight is 742 g/mol. The quantitative estimate of drug-likeness (QED) is 0.191. The second kappa shape index (κ2) is 16.3. The molecule has 2 aromatic heterocycles. The number of amides is 3. The van der Waals surface area contributed by atoms with Crippen LogP contribution in [0.25, 0.3) is 11.3 Å². The number of nitrogens with zero attached hydrogens (tertiary/aromatic N) is 3. The lowest BCUT2D eigenvalue weighted by molar-refractivity contribution is -0.137. The Labute approximate surface area is 319 Å². The molecule has 1 aromatic carbocycles. The van der Waals surface area contributed by atoms with Crippen LogP contribution in [0.15, 0.2) is 36.7 Å². The normalized spacial score (nSPS) is 28.6. The SMILES string of the molecule is COC(=O)N[C@H]1CCCCCOCC[C@@H](c2ncc(-c3ccc(C45CCC(c6cnc([C@@H]7CCCN7C(=O)[C@@H](C)C(C)C)[nH]6)(CC4)CC5)cc3)[nH]2)NC1=O. The molecule has 5 aliphatic rings. The maximum Gasteiger partial charge on any atom is 0.407 e. The summed E-state index contributed by atoms with van der Waals surface area (Å²) in [5.74, 6) is 1.96. The Bertz CT molecular complexity index is 1740. The van der Waals surface area contributed by atoms with Gasteiger partial charge in [-0.2, -0.15) is 0 Å². The highest BCUT2D eigenvalue weighted by molar-refractivity contribution is 5.85. The van der Waals surface area contributed by atoms with E-state index in [4.69, 9.17) is 19.4 Å². The Morgan fingerprint density at radius 3 is 2.31 bits per heavy atom. The van der Waals surface area contributed by atoms with Crippen molar-refractivity contribution in [3.63, 3.8) is 0 Å². The van der Waals surface area contributed by atoms with Gasteiger partial charge in [-0.15, -0.1) is 0 Å². The topological polar surface area (TPSA) is 154 Å². The molecule has 2 aliphatic heterocycles. The zero-order valence-electron chi connectivity index (χ0n) is 32.5. The van der Waals surface area contributed by atoms with E-state index in [1.54, 1.807) is 0 Å². The number of H-pyrrole nitrogens is 2. The van der Waals surface area contributed by atoms with Crippen molar-refractivity contribution >= 4 is 17.9 Å².